The minimum absolute atomic E-state index is 0.0463. The van der Waals surface area contributed by atoms with Gasteiger partial charge in [-0.05, 0) is 26.0 Å². The fourth-order valence-electron chi connectivity index (χ4n) is 1.70. The smallest absolute Gasteiger partial charge is 0.317 e. The lowest BCUT2D eigenvalue weighted by molar-refractivity contribution is 0.0531. The predicted octanol–water partition coefficient (Wildman–Crippen LogP) is 1.76. The highest BCUT2D eigenvalue weighted by Gasteiger charge is 2.18. The van der Waals surface area contributed by atoms with E-state index in [1.165, 1.54) is 11.0 Å². The van der Waals surface area contributed by atoms with Gasteiger partial charge in [0.15, 0.2) is 11.6 Å². The van der Waals surface area contributed by atoms with E-state index in [1.807, 2.05) is 0 Å². The van der Waals surface area contributed by atoms with E-state index in [0.29, 0.717) is 0 Å². The zero-order valence-corrected chi connectivity index (χ0v) is 12.3. The van der Waals surface area contributed by atoms with Crippen LogP contribution in [0.1, 0.15) is 13.8 Å². The Hall–Kier alpha value is -1.89. The summed E-state index contributed by atoms with van der Waals surface area (Å²) in [5, 5.41) is 12.2. The molecule has 0 aliphatic carbocycles. The van der Waals surface area contributed by atoms with E-state index < -0.39 is 17.2 Å². The number of amides is 2. The molecule has 0 fully saturated rings. The van der Waals surface area contributed by atoms with Crippen LogP contribution in [0.25, 0.3) is 0 Å². The van der Waals surface area contributed by atoms with Crippen molar-refractivity contribution in [2.24, 2.45) is 0 Å². The number of nitrogens with one attached hydrogen (secondary N) is 1. The van der Waals surface area contributed by atoms with Gasteiger partial charge in [0, 0.05) is 13.1 Å². The first-order chi connectivity index (χ1) is 9.69. The second-order valence-electron chi connectivity index (χ2n) is 5.32. The van der Waals surface area contributed by atoms with Crippen molar-refractivity contribution in [3.05, 3.63) is 29.8 Å². The Morgan fingerprint density at radius 2 is 2.10 bits per heavy atom. The molecule has 1 aromatic carbocycles. The van der Waals surface area contributed by atoms with Crippen LogP contribution in [0.15, 0.2) is 18.2 Å². The quantitative estimate of drug-likeness (QED) is 0.787. The van der Waals surface area contributed by atoms with Gasteiger partial charge in [-0.2, -0.15) is 0 Å². The van der Waals surface area contributed by atoms with Gasteiger partial charge in [-0.3, -0.25) is 0 Å². The minimum Gasteiger partial charge on any atom is -0.489 e. The minimum atomic E-state index is -0.986. The first kappa shape index (κ1) is 17.2. The van der Waals surface area contributed by atoms with Gasteiger partial charge in [0.2, 0.25) is 0 Å². The molecule has 0 aromatic heterocycles. The summed E-state index contributed by atoms with van der Waals surface area (Å²) >= 11 is 0. The van der Waals surface area contributed by atoms with Crippen LogP contribution in [0.5, 0.6) is 5.75 Å². The lowest BCUT2D eigenvalue weighted by Crippen LogP contribution is -2.45. The number of nitrogens with zero attached hydrogens (tertiary/aromatic N) is 1. The maximum Gasteiger partial charge on any atom is 0.317 e. The molecule has 21 heavy (non-hydrogen) atoms. The third kappa shape index (κ3) is 6.40. The fourth-order valence-corrected chi connectivity index (χ4v) is 1.70. The largest absolute Gasteiger partial charge is 0.489 e. The van der Waals surface area contributed by atoms with E-state index in [4.69, 9.17) is 4.74 Å². The molecule has 0 aliphatic heterocycles. The first-order valence-corrected chi connectivity index (χ1v) is 6.48. The molecule has 0 spiro atoms. The van der Waals surface area contributed by atoms with Gasteiger partial charge in [-0.15, -0.1) is 0 Å². The Labute approximate surface area is 122 Å². The Kier molecular flexibility index (Phi) is 5.90. The molecule has 0 atom stereocenters. The summed E-state index contributed by atoms with van der Waals surface area (Å²) in [5.74, 6) is -1.54. The summed E-state index contributed by atoms with van der Waals surface area (Å²) in [4.78, 5) is 13.0. The number of carbonyl (C=O) groups is 1. The highest BCUT2D eigenvalue weighted by Crippen LogP contribution is 2.17. The number of urea groups is 1. The van der Waals surface area contributed by atoms with Crippen LogP contribution in [-0.4, -0.2) is 48.4 Å². The standard InChI is InChI=1S/C14H20F2N2O3/c1-14(2,20)9-18(3)13(19)17-6-7-21-12-5-4-10(15)8-11(12)16/h4-5,8,20H,6-7,9H2,1-3H3,(H,17,19). The van der Waals surface area contributed by atoms with Crippen LogP contribution in [0, 0.1) is 11.6 Å². The Morgan fingerprint density at radius 3 is 2.67 bits per heavy atom. The van der Waals surface area contributed by atoms with E-state index in [1.54, 1.807) is 20.9 Å². The van der Waals surface area contributed by atoms with E-state index in [-0.39, 0.29) is 31.5 Å². The van der Waals surface area contributed by atoms with E-state index in [9.17, 15) is 18.7 Å². The third-order valence-corrected chi connectivity index (χ3v) is 2.50. The molecule has 0 unspecified atom stereocenters. The average Bonchev–Trinajstić information content (AvgIpc) is 2.34. The molecule has 7 heteroatoms. The number of rotatable bonds is 6. The molecule has 0 aliphatic rings. The van der Waals surface area contributed by atoms with Gasteiger partial charge in [0.1, 0.15) is 12.4 Å². The van der Waals surface area contributed by atoms with Crippen molar-refractivity contribution in [3.8, 4) is 5.75 Å². The lowest BCUT2D eigenvalue weighted by Gasteiger charge is -2.25. The number of likely N-dealkylation sites (N-methyl/N-ethyl adjacent to an activating group) is 1. The second-order valence-corrected chi connectivity index (χ2v) is 5.32. The van der Waals surface area contributed by atoms with Crippen LogP contribution < -0.4 is 10.1 Å². The topological polar surface area (TPSA) is 61.8 Å². The summed E-state index contributed by atoms with van der Waals surface area (Å²) in [6.07, 6.45) is 0. The van der Waals surface area contributed by atoms with Gasteiger partial charge < -0.3 is 20.1 Å². The van der Waals surface area contributed by atoms with Crippen molar-refractivity contribution in [2.45, 2.75) is 19.4 Å². The SMILES string of the molecule is CN(CC(C)(C)O)C(=O)NCCOc1ccc(F)cc1F. The molecule has 0 saturated heterocycles. The molecule has 1 aromatic rings. The highest BCUT2D eigenvalue weighted by atomic mass is 19.1. The van der Waals surface area contributed by atoms with Gasteiger partial charge >= 0.3 is 6.03 Å². The van der Waals surface area contributed by atoms with Crippen molar-refractivity contribution in [3.63, 3.8) is 0 Å². The fraction of sp³-hybridized carbons (Fsp3) is 0.500. The molecule has 2 amide bonds. The zero-order chi connectivity index (χ0) is 16.0. The second kappa shape index (κ2) is 7.21. The average molecular weight is 302 g/mol. The van der Waals surface area contributed by atoms with Crippen molar-refractivity contribution in [1.29, 1.82) is 0 Å². The van der Waals surface area contributed by atoms with Crippen molar-refractivity contribution >= 4 is 6.03 Å². The van der Waals surface area contributed by atoms with Crippen LogP contribution in [0.3, 0.4) is 0 Å². The number of hydrogen-bond acceptors (Lipinski definition) is 3. The van der Waals surface area contributed by atoms with Gasteiger partial charge in [-0.25, -0.2) is 13.6 Å². The van der Waals surface area contributed by atoms with Gasteiger partial charge in [-0.1, -0.05) is 0 Å². The van der Waals surface area contributed by atoms with Crippen LogP contribution >= 0.6 is 0 Å². The number of hydrogen-bond donors (Lipinski definition) is 2. The van der Waals surface area contributed by atoms with Crippen molar-refractivity contribution < 1.29 is 23.4 Å². The number of halogens is 2. The number of ether oxygens (including phenoxy) is 1. The summed E-state index contributed by atoms with van der Waals surface area (Å²) in [5.41, 5.74) is -0.986. The highest BCUT2D eigenvalue weighted by molar-refractivity contribution is 5.73. The number of aliphatic hydroxyl groups is 1. The monoisotopic (exact) mass is 302 g/mol. The number of benzene rings is 1. The molecule has 2 N–H and O–H groups in total. The molecule has 118 valence electrons. The maximum absolute atomic E-state index is 13.3. The lowest BCUT2D eigenvalue weighted by atomic mass is 10.1. The van der Waals surface area contributed by atoms with Crippen LogP contribution in [0.2, 0.25) is 0 Å². The zero-order valence-electron chi connectivity index (χ0n) is 12.3. The van der Waals surface area contributed by atoms with E-state index in [0.717, 1.165) is 12.1 Å². The first-order valence-electron chi connectivity index (χ1n) is 6.48. The van der Waals surface area contributed by atoms with Crippen LogP contribution in [-0.2, 0) is 0 Å². The molecule has 0 heterocycles. The molecule has 1 rings (SSSR count). The Balaban J connectivity index is 2.32. The van der Waals surface area contributed by atoms with Gasteiger partial charge in [0.05, 0.1) is 18.7 Å². The third-order valence-electron chi connectivity index (χ3n) is 2.50. The Bertz CT molecular complexity index is 490. The molecular weight excluding hydrogens is 282 g/mol. The van der Waals surface area contributed by atoms with E-state index >= 15 is 0 Å². The Morgan fingerprint density at radius 1 is 1.43 bits per heavy atom. The summed E-state index contributed by atoms with van der Waals surface area (Å²) in [7, 11) is 1.55. The van der Waals surface area contributed by atoms with Gasteiger partial charge in [0.25, 0.3) is 0 Å². The van der Waals surface area contributed by atoms with Crippen LogP contribution in [0.4, 0.5) is 13.6 Å². The summed E-state index contributed by atoms with van der Waals surface area (Å²) in [6, 6.07) is 2.63. The van der Waals surface area contributed by atoms with Crippen molar-refractivity contribution in [2.75, 3.05) is 26.7 Å². The summed E-state index contributed by atoms with van der Waals surface area (Å²) in [6.45, 7) is 3.57. The molecule has 0 saturated carbocycles. The van der Waals surface area contributed by atoms with E-state index in [2.05, 4.69) is 5.32 Å². The maximum atomic E-state index is 13.3. The normalized spacial score (nSPS) is 11.1. The molecule has 0 bridgehead atoms. The molecule has 5 nitrogen and oxygen atoms in total. The summed E-state index contributed by atoms with van der Waals surface area (Å²) < 4.78 is 31.0. The predicted molar refractivity (Wildman–Crippen MR) is 74.2 cm³/mol. The molecule has 0 radical (unpaired) electrons. The molecular formula is C14H20F2N2O3. The van der Waals surface area contributed by atoms with Crippen molar-refractivity contribution in [1.82, 2.24) is 10.2 Å². The number of carbonyl (C=O) groups excluding carboxylic acids is 1.